The van der Waals surface area contributed by atoms with Crippen LogP contribution in [0.5, 0.6) is 0 Å². The fourth-order valence-corrected chi connectivity index (χ4v) is 4.95. The van der Waals surface area contributed by atoms with E-state index in [0.717, 1.165) is 57.3 Å². The van der Waals surface area contributed by atoms with E-state index in [4.69, 9.17) is 0 Å². The van der Waals surface area contributed by atoms with Gasteiger partial charge < -0.3 is 0 Å². The van der Waals surface area contributed by atoms with E-state index in [1.807, 2.05) is 6.07 Å². The molecule has 0 unspecified atom stereocenters. The summed E-state index contributed by atoms with van der Waals surface area (Å²) in [6.07, 6.45) is 11.9. The molecule has 2 saturated carbocycles. The van der Waals surface area contributed by atoms with E-state index in [1.165, 1.54) is 24.8 Å². The number of benzene rings is 1. The van der Waals surface area contributed by atoms with Gasteiger partial charge in [-0.15, -0.1) is 0 Å². The maximum absolute atomic E-state index is 12.5. The first kappa shape index (κ1) is 20.9. The van der Waals surface area contributed by atoms with E-state index in [-0.39, 0.29) is 23.7 Å². The molecule has 0 spiro atoms. The number of unbranched alkanes of at least 4 members (excludes halogenated alkanes) is 1. The highest BCUT2D eigenvalue weighted by Crippen LogP contribution is 2.36. The average molecular weight is 385 g/mol. The number of hydrazine groups is 1. The first-order valence-corrected chi connectivity index (χ1v) is 11.3. The van der Waals surface area contributed by atoms with Crippen molar-refractivity contribution >= 4 is 11.8 Å². The van der Waals surface area contributed by atoms with E-state index in [2.05, 4.69) is 42.0 Å². The van der Waals surface area contributed by atoms with Crippen molar-refractivity contribution in [2.45, 2.75) is 83.5 Å². The van der Waals surface area contributed by atoms with E-state index in [1.54, 1.807) is 0 Å². The second kappa shape index (κ2) is 10.6. The summed E-state index contributed by atoms with van der Waals surface area (Å²) in [6.45, 7) is 2.23. The maximum Gasteiger partial charge on any atom is 0.241 e. The molecule has 0 radical (unpaired) electrons. The highest BCUT2D eigenvalue weighted by molar-refractivity contribution is 5.84. The molecule has 0 aliphatic heterocycles. The lowest BCUT2D eigenvalue weighted by Crippen LogP contribution is -2.47. The van der Waals surface area contributed by atoms with Crippen molar-refractivity contribution in [3.8, 4) is 0 Å². The number of carbonyl (C=O) groups is 2. The van der Waals surface area contributed by atoms with Gasteiger partial charge in [0.05, 0.1) is 0 Å². The van der Waals surface area contributed by atoms with Crippen LogP contribution in [-0.4, -0.2) is 11.8 Å². The van der Waals surface area contributed by atoms with Crippen LogP contribution in [0.15, 0.2) is 30.3 Å². The summed E-state index contributed by atoms with van der Waals surface area (Å²) in [7, 11) is 0. The zero-order chi connectivity index (χ0) is 19.8. The Hall–Kier alpha value is -1.84. The summed E-state index contributed by atoms with van der Waals surface area (Å²) >= 11 is 0. The van der Waals surface area contributed by atoms with Crippen LogP contribution in [0, 0.1) is 17.8 Å². The van der Waals surface area contributed by atoms with Gasteiger partial charge in [0, 0.05) is 11.8 Å². The fourth-order valence-electron chi connectivity index (χ4n) is 4.95. The summed E-state index contributed by atoms with van der Waals surface area (Å²) in [5.41, 5.74) is 6.80. The van der Waals surface area contributed by atoms with Gasteiger partial charge in [-0.1, -0.05) is 56.5 Å². The molecule has 4 nitrogen and oxygen atoms in total. The predicted molar refractivity (Wildman–Crippen MR) is 112 cm³/mol. The lowest BCUT2D eigenvalue weighted by atomic mass is 9.78. The third-order valence-electron chi connectivity index (χ3n) is 6.86. The standard InChI is InChI=1S/C24H36N2O2/c1-2-3-7-18-10-12-21(13-11-18)23(27)25-26-24(28)22-16-14-20(15-17-22)19-8-5-4-6-9-19/h4-6,8-9,18,20-22H,2-3,7,10-17H2,1H3,(H,25,27)(H,26,28). The lowest BCUT2D eigenvalue weighted by Gasteiger charge is -2.29. The quantitative estimate of drug-likeness (QED) is 0.670. The predicted octanol–water partition coefficient (Wildman–Crippen LogP) is 5.10. The average Bonchev–Trinajstić information content (AvgIpc) is 2.77. The first-order valence-electron chi connectivity index (χ1n) is 11.3. The Balaban J connectivity index is 1.35. The molecule has 2 fully saturated rings. The number of nitrogens with one attached hydrogen (secondary N) is 2. The van der Waals surface area contributed by atoms with Crippen molar-refractivity contribution in [3.63, 3.8) is 0 Å². The topological polar surface area (TPSA) is 58.2 Å². The smallest absolute Gasteiger partial charge is 0.241 e. The van der Waals surface area contributed by atoms with Crippen LogP contribution in [0.4, 0.5) is 0 Å². The lowest BCUT2D eigenvalue weighted by molar-refractivity contribution is -0.134. The molecular weight excluding hydrogens is 348 g/mol. The maximum atomic E-state index is 12.5. The number of hydrogen-bond donors (Lipinski definition) is 2. The molecule has 2 N–H and O–H groups in total. The van der Waals surface area contributed by atoms with Crippen molar-refractivity contribution < 1.29 is 9.59 Å². The molecule has 0 saturated heterocycles. The molecular formula is C24H36N2O2. The Kier molecular flexibility index (Phi) is 7.93. The minimum atomic E-state index is -0.0171. The van der Waals surface area contributed by atoms with Gasteiger partial charge in [0.1, 0.15) is 0 Å². The van der Waals surface area contributed by atoms with E-state index < -0.39 is 0 Å². The highest BCUT2D eigenvalue weighted by atomic mass is 16.2. The molecule has 154 valence electrons. The molecule has 2 amide bonds. The molecule has 3 rings (SSSR count). The van der Waals surface area contributed by atoms with Crippen LogP contribution in [-0.2, 0) is 9.59 Å². The van der Waals surface area contributed by atoms with Crippen molar-refractivity contribution in [1.29, 1.82) is 0 Å². The Morgan fingerprint density at radius 2 is 1.36 bits per heavy atom. The third-order valence-corrected chi connectivity index (χ3v) is 6.86. The van der Waals surface area contributed by atoms with Gasteiger partial charge in [0.2, 0.25) is 11.8 Å². The zero-order valence-electron chi connectivity index (χ0n) is 17.3. The van der Waals surface area contributed by atoms with Crippen LogP contribution >= 0.6 is 0 Å². The summed E-state index contributed by atoms with van der Waals surface area (Å²) in [5.74, 6) is 1.41. The fraction of sp³-hybridized carbons (Fsp3) is 0.667. The van der Waals surface area contributed by atoms with Crippen LogP contribution in [0.2, 0.25) is 0 Å². The normalized spacial score (nSPS) is 27.8. The molecule has 4 heteroatoms. The van der Waals surface area contributed by atoms with Crippen molar-refractivity contribution in [2.75, 3.05) is 0 Å². The van der Waals surface area contributed by atoms with Crippen molar-refractivity contribution in [2.24, 2.45) is 17.8 Å². The molecule has 28 heavy (non-hydrogen) atoms. The zero-order valence-corrected chi connectivity index (χ0v) is 17.3. The van der Waals surface area contributed by atoms with Crippen LogP contribution in [0.3, 0.4) is 0 Å². The minimum Gasteiger partial charge on any atom is -0.273 e. The molecule has 0 heterocycles. The van der Waals surface area contributed by atoms with E-state index >= 15 is 0 Å². The number of hydrogen-bond acceptors (Lipinski definition) is 2. The highest BCUT2D eigenvalue weighted by Gasteiger charge is 2.29. The van der Waals surface area contributed by atoms with Crippen LogP contribution in [0.25, 0.3) is 0 Å². The SMILES string of the molecule is CCCCC1CCC(C(=O)NNC(=O)C2CCC(c3ccccc3)CC2)CC1. The van der Waals surface area contributed by atoms with Crippen molar-refractivity contribution in [1.82, 2.24) is 10.9 Å². The van der Waals surface area contributed by atoms with Gasteiger partial charge in [-0.3, -0.25) is 20.4 Å². The molecule has 0 atom stereocenters. The van der Waals surface area contributed by atoms with Gasteiger partial charge in [-0.2, -0.15) is 0 Å². The minimum absolute atomic E-state index is 0.000244. The monoisotopic (exact) mass is 384 g/mol. The molecule has 2 aliphatic rings. The second-order valence-electron chi connectivity index (χ2n) is 8.80. The van der Waals surface area contributed by atoms with Crippen molar-refractivity contribution in [3.05, 3.63) is 35.9 Å². The molecule has 0 aromatic heterocycles. The summed E-state index contributed by atoms with van der Waals surface area (Å²) in [6, 6.07) is 10.6. The van der Waals surface area contributed by atoms with E-state index in [0.29, 0.717) is 5.92 Å². The molecule has 2 aliphatic carbocycles. The van der Waals surface area contributed by atoms with Gasteiger partial charge in [0.15, 0.2) is 0 Å². The van der Waals surface area contributed by atoms with Gasteiger partial charge in [-0.05, 0) is 68.8 Å². The summed E-state index contributed by atoms with van der Waals surface area (Å²) < 4.78 is 0. The summed E-state index contributed by atoms with van der Waals surface area (Å²) in [5, 5.41) is 0. The largest absolute Gasteiger partial charge is 0.273 e. The molecule has 1 aromatic carbocycles. The number of amides is 2. The Morgan fingerprint density at radius 1 is 0.821 bits per heavy atom. The van der Waals surface area contributed by atoms with Gasteiger partial charge in [-0.25, -0.2) is 0 Å². The van der Waals surface area contributed by atoms with Gasteiger partial charge >= 0.3 is 0 Å². The summed E-state index contributed by atoms with van der Waals surface area (Å²) in [4.78, 5) is 24.9. The Bertz CT molecular complexity index is 615. The number of carbonyl (C=O) groups excluding carboxylic acids is 2. The number of rotatable bonds is 6. The Morgan fingerprint density at radius 3 is 1.89 bits per heavy atom. The Labute approximate surface area is 169 Å². The van der Waals surface area contributed by atoms with Crippen LogP contribution < -0.4 is 10.9 Å². The second-order valence-corrected chi connectivity index (χ2v) is 8.80. The van der Waals surface area contributed by atoms with Crippen LogP contribution in [0.1, 0.15) is 89.0 Å². The molecule has 1 aromatic rings. The van der Waals surface area contributed by atoms with E-state index in [9.17, 15) is 9.59 Å². The van der Waals surface area contributed by atoms with Gasteiger partial charge in [0.25, 0.3) is 0 Å². The molecule has 0 bridgehead atoms. The first-order chi connectivity index (χ1) is 13.7. The third kappa shape index (κ3) is 5.83.